The Kier molecular flexibility index (Phi) is 15.1. The van der Waals surface area contributed by atoms with Crippen molar-refractivity contribution in [2.45, 2.75) is 31.2 Å². The highest BCUT2D eigenvalue weighted by atomic mass is 35.5. The predicted molar refractivity (Wildman–Crippen MR) is 224 cm³/mol. The van der Waals surface area contributed by atoms with Gasteiger partial charge in [0.15, 0.2) is 0 Å². The molecule has 0 fully saturated rings. The summed E-state index contributed by atoms with van der Waals surface area (Å²) < 4.78 is 27.5. The van der Waals surface area contributed by atoms with Gasteiger partial charge in [0.25, 0.3) is 11.8 Å². The number of phenolic OH excluding ortho intramolecular Hbond substituents is 2. The van der Waals surface area contributed by atoms with E-state index in [4.69, 9.17) is 75.3 Å². The van der Waals surface area contributed by atoms with Crippen molar-refractivity contribution < 1.29 is 33.0 Å². The first-order valence-electron chi connectivity index (χ1n) is 16.0. The lowest BCUT2D eigenvalue weighted by atomic mass is 10.2. The van der Waals surface area contributed by atoms with Gasteiger partial charge in [-0.2, -0.15) is 0 Å². The number of aromatic hydroxyl groups is 2. The molecule has 0 saturated heterocycles. The summed E-state index contributed by atoms with van der Waals surface area (Å²) in [6.45, 7) is 3.39. The maximum absolute atomic E-state index is 12.5. The van der Waals surface area contributed by atoms with Crippen LogP contribution in [0.5, 0.6) is 11.5 Å². The van der Waals surface area contributed by atoms with Crippen LogP contribution >= 0.6 is 69.6 Å². The van der Waals surface area contributed by atoms with Gasteiger partial charge in [-0.1, -0.05) is 87.3 Å². The second kappa shape index (κ2) is 19.1. The van der Waals surface area contributed by atoms with Crippen molar-refractivity contribution in [3.8, 4) is 11.5 Å². The van der Waals surface area contributed by atoms with Gasteiger partial charge in [-0.05, 0) is 74.5 Å². The van der Waals surface area contributed by atoms with Gasteiger partial charge in [-0.15, -0.1) is 0 Å². The summed E-state index contributed by atoms with van der Waals surface area (Å²) in [5, 5.41) is 29.0. The topological polar surface area (TPSA) is 200 Å². The maximum Gasteiger partial charge on any atom is 0.255 e. The molecule has 5 aromatic carbocycles. The molecule has 0 aromatic heterocycles. The standard InChI is InChI=1S/C24H22Cl3N3O5S.C13H9Cl3N2O2/c1-13-3-6-16(7-4-13)36(34,35)30-14(2)9-23(32)28-20-12-22(31)21(11-19(20)27)29-24(33)15-5-8-17(25)18(26)10-15;14-7-2-1-6(3-8(7)15)13(20)18-11-4-9(16)10(17)5-12(11)19/h3-8,10-12,14,30-31H,9H2,1-2H3,(H,28,32)(H,29,33);1-5,19H,17H2,(H,18,20). The number of nitrogens with two attached hydrogens (primary N) is 1. The molecule has 1 unspecified atom stereocenters. The quantitative estimate of drug-likeness (QED) is 0.0530. The van der Waals surface area contributed by atoms with Crippen LogP contribution in [0.2, 0.25) is 30.1 Å². The molecule has 1 atom stereocenters. The number of hydrogen-bond donors (Lipinski definition) is 7. The highest BCUT2D eigenvalue weighted by molar-refractivity contribution is 7.89. The molecule has 5 rings (SSSR count). The average molecular weight is 902 g/mol. The summed E-state index contributed by atoms with van der Waals surface area (Å²) in [6, 6.07) is 19.4. The Balaban J connectivity index is 0.000000293. The normalized spacial score (nSPS) is 11.5. The molecule has 19 heteroatoms. The van der Waals surface area contributed by atoms with E-state index in [0.717, 1.165) is 5.56 Å². The molecule has 0 bridgehead atoms. The molecular formula is C37H31Cl6N5O7S. The van der Waals surface area contributed by atoms with E-state index < -0.39 is 33.8 Å². The van der Waals surface area contributed by atoms with Crippen molar-refractivity contribution in [2.24, 2.45) is 0 Å². The monoisotopic (exact) mass is 899 g/mol. The Morgan fingerprint density at radius 3 is 1.61 bits per heavy atom. The van der Waals surface area contributed by atoms with Crippen LogP contribution in [0.25, 0.3) is 0 Å². The minimum Gasteiger partial charge on any atom is -0.506 e. The second-order valence-electron chi connectivity index (χ2n) is 12.0. The van der Waals surface area contributed by atoms with Gasteiger partial charge >= 0.3 is 0 Å². The fourth-order valence-electron chi connectivity index (χ4n) is 4.67. The van der Waals surface area contributed by atoms with Gasteiger partial charge in [0.2, 0.25) is 15.9 Å². The molecule has 3 amide bonds. The Hall–Kier alpha value is -4.44. The predicted octanol–water partition coefficient (Wildman–Crippen LogP) is 9.80. The molecule has 0 saturated carbocycles. The molecule has 8 N–H and O–H groups in total. The van der Waals surface area contributed by atoms with E-state index in [1.54, 1.807) is 19.1 Å². The van der Waals surface area contributed by atoms with Gasteiger partial charge in [0.1, 0.15) is 11.5 Å². The number of carbonyl (C=O) groups is 3. The summed E-state index contributed by atoms with van der Waals surface area (Å²) >= 11 is 35.5. The summed E-state index contributed by atoms with van der Waals surface area (Å²) in [7, 11) is -3.81. The third-order valence-electron chi connectivity index (χ3n) is 7.51. The molecule has 12 nitrogen and oxygen atoms in total. The van der Waals surface area contributed by atoms with Crippen LogP contribution < -0.4 is 26.4 Å². The fourth-order valence-corrected chi connectivity index (χ4v) is 6.89. The molecular weight excluding hydrogens is 871 g/mol. The van der Waals surface area contributed by atoms with Crippen LogP contribution in [-0.4, -0.2) is 42.4 Å². The van der Waals surface area contributed by atoms with Gasteiger partial charge in [0, 0.05) is 35.7 Å². The number of nitrogen functional groups attached to an aromatic ring is 1. The molecule has 0 aliphatic carbocycles. The lowest BCUT2D eigenvalue weighted by Crippen LogP contribution is -2.35. The van der Waals surface area contributed by atoms with Crippen molar-refractivity contribution in [1.29, 1.82) is 0 Å². The Bertz CT molecular complexity index is 2420. The number of benzene rings is 5. The van der Waals surface area contributed by atoms with Gasteiger partial charge in [0.05, 0.1) is 57.8 Å². The first kappa shape index (κ1) is 44.3. The highest BCUT2D eigenvalue weighted by Gasteiger charge is 2.21. The lowest BCUT2D eigenvalue weighted by Gasteiger charge is -2.16. The number of anilines is 4. The molecule has 0 aliphatic heterocycles. The van der Waals surface area contributed by atoms with E-state index in [-0.39, 0.29) is 76.2 Å². The fraction of sp³-hybridized carbons (Fsp3) is 0.108. The lowest BCUT2D eigenvalue weighted by molar-refractivity contribution is -0.116. The molecule has 56 heavy (non-hydrogen) atoms. The molecule has 5 aromatic rings. The van der Waals surface area contributed by atoms with E-state index >= 15 is 0 Å². The third-order valence-corrected chi connectivity index (χ3v) is 11.2. The number of aryl methyl sites for hydroxylation is 1. The summed E-state index contributed by atoms with van der Waals surface area (Å²) in [6.07, 6.45) is -0.196. The molecule has 0 aliphatic rings. The zero-order chi connectivity index (χ0) is 41.5. The first-order valence-corrected chi connectivity index (χ1v) is 19.7. The largest absolute Gasteiger partial charge is 0.506 e. The third kappa shape index (κ3) is 12.0. The van der Waals surface area contributed by atoms with Crippen molar-refractivity contribution in [3.63, 3.8) is 0 Å². The van der Waals surface area contributed by atoms with Crippen molar-refractivity contribution >= 4 is 120 Å². The summed E-state index contributed by atoms with van der Waals surface area (Å²) in [5.74, 6) is -2.09. The number of hydrogen-bond acceptors (Lipinski definition) is 8. The van der Waals surface area contributed by atoms with Crippen LogP contribution in [-0.2, 0) is 14.8 Å². The van der Waals surface area contributed by atoms with Crippen LogP contribution in [0.3, 0.4) is 0 Å². The van der Waals surface area contributed by atoms with Crippen LogP contribution in [0, 0.1) is 6.92 Å². The van der Waals surface area contributed by atoms with Crippen LogP contribution in [0.1, 0.15) is 39.6 Å². The first-order chi connectivity index (χ1) is 26.2. The van der Waals surface area contributed by atoms with Crippen molar-refractivity contribution in [3.05, 3.63) is 132 Å². The maximum atomic E-state index is 12.5. The van der Waals surface area contributed by atoms with E-state index in [1.165, 1.54) is 72.8 Å². The number of amides is 3. The Morgan fingerprint density at radius 1 is 0.625 bits per heavy atom. The van der Waals surface area contributed by atoms with E-state index in [9.17, 15) is 33.0 Å². The Labute approximate surface area is 351 Å². The van der Waals surface area contributed by atoms with Gasteiger partial charge in [-0.25, -0.2) is 13.1 Å². The number of halogens is 6. The zero-order valence-corrected chi connectivity index (χ0v) is 34.4. The smallest absolute Gasteiger partial charge is 0.255 e. The summed E-state index contributed by atoms with van der Waals surface area (Å²) in [4.78, 5) is 37.1. The average Bonchev–Trinajstić information content (AvgIpc) is 3.11. The SMILES string of the molecule is Cc1ccc(S(=O)(=O)NC(C)CC(=O)Nc2cc(O)c(NC(=O)c3ccc(Cl)c(Cl)c3)cc2Cl)cc1.Nc1cc(O)c(NC(=O)c2ccc(Cl)c(Cl)c2)cc1Cl. The van der Waals surface area contributed by atoms with Gasteiger partial charge < -0.3 is 31.9 Å². The van der Waals surface area contributed by atoms with Gasteiger partial charge in [-0.3, -0.25) is 14.4 Å². The number of rotatable bonds is 10. The Morgan fingerprint density at radius 2 is 1.11 bits per heavy atom. The van der Waals surface area contributed by atoms with E-state index in [1.807, 2.05) is 6.92 Å². The van der Waals surface area contributed by atoms with E-state index in [2.05, 4.69) is 20.7 Å². The van der Waals surface area contributed by atoms with Crippen molar-refractivity contribution in [2.75, 3.05) is 21.7 Å². The minimum absolute atomic E-state index is 0.00768. The molecule has 0 radical (unpaired) electrons. The minimum atomic E-state index is -3.81. The van der Waals surface area contributed by atoms with E-state index in [0.29, 0.717) is 10.6 Å². The highest BCUT2D eigenvalue weighted by Crippen LogP contribution is 2.35. The molecule has 0 spiro atoms. The van der Waals surface area contributed by atoms with Crippen molar-refractivity contribution in [1.82, 2.24) is 4.72 Å². The number of nitrogens with one attached hydrogen (secondary N) is 4. The molecule has 294 valence electrons. The summed E-state index contributed by atoms with van der Waals surface area (Å²) in [5.41, 5.74) is 7.42. The zero-order valence-electron chi connectivity index (χ0n) is 29.1. The number of sulfonamides is 1. The second-order valence-corrected chi connectivity index (χ2v) is 16.2. The number of carbonyl (C=O) groups excluding carboxylic acids is 3. The molecule has 0 heterocycles. The van der Waals surface area contributed by atoms with Crippen LogP contribution in [0.15, 0.2) is 89.8 Å². The van der Waals surface area contributed by atoms with Crippen LogP contribution in [0.4, 0.5) is 22.7 Å². The number of phenols is 2.